The van der Waals surface area contributed by atoms with E-state index < -0.39 is 17.7 Å². The second-order valence-corrected chi connectivity index (χ2v) is 8.13. The van der Waals surface area contributed by atoms with Crippen molar-refractivity contribution >= 4 is 29.1 Å². The van der Waals surface area contributed by atoms with E-state index >= 15 is 0 Å². The number of nitrogens with zero attached hydrogens (tertiary/aromatic N) is 2. The summed E-state index contributed by atoms with van der Waals surface area (Å²) in [4.78, 5) is 29.8. The number of Topliss-reactive ketones (excluding diaryl/α,β-unsaturated/α-hetero) is 1. The average molecular weight is 469 g/mol. The molecule has 1 aliphatic heterocycles. The SMILES string of the molecule is C=CCOc1ccc(/C(O)=C2\C(=O)C(=O)N(CCN(CC)CC)C2c2ccc(Cl)cc2)cc1. The zero-order valence-electron chi connectivity index (χ0n) is 19.0. The van der Waals surface area contributed by atoms with Crippen molar-refractivity contribution < 1.29 is 19.4 Å². The van der Waals surface area contributed by atoms with E-state index in [0.717, 1.165) is 13.1 Å². The summed E-state index contributed by atoms with van der Waals surface area (Å²) in [5, 5.41) is 11.7. The number of ketones is 1. The number of aliphatic hydroxyl groups excluding tert-OH is 1. The van der Waals surface area contributed by atoms with E-state index in [0.29, 0.717) is 41.6 Å². The van der Waals surface area contributed by atoms with Crippen molar-refractivity contribution in [3.05, 3.63) is 82.9 Å². The van der Waals surface area contributed by atoms with Crippen molar-refractivity contribution in [3.8, 4) is 5.75 Å². The summed E-state index contributed by atoms with van der Waals surface area (Å²) in [6.45, 7) is 10.8. The summed E-state index contributed by atoms with van der Waals surface area (Å²) in [5.41, 5.74) is 1.22. The van der Waals surface area contributed by atoms with Crippen LogP contribution in [0.25, 0.3) is 5.76 Å². The molecule has 1 atom stereocenters. The number of ether oxygens (including phenoxy) is 1. The Bertz CT molecular complexity index is 1030. The third-order valence-electron chi connectivity index (χ3n) is 5.77. The second kappa shape index (κ2) is 11.2. The van der Waals surface area contributed by atoms with Gasteiger partial charge in [0.25, 0.3) is 11.7 Å². The van der Waals surface area contributed by atoms with E-state index in [1.54, 1.807) is 54.6 Å². The van der Waals surface area contributed by atoms with Crippen LogP contribution in [-0.2, 0) is 9.59 Å². The number of benzene rings is 2. The average Bonchev–Trinajstić information content (AvgIpc) is 3.08. The van der Waals surface area contributed by atoms with Crippen molar-refractivity contribution in [1.29, 1.82) is 0 Å². The molecule has 1 fully saturated rings. The highest BCUT2D eigenvalue weighted by Gasteiger charge is 2.45. The van der Waals surface area contributed by atoms with Gasteiger partial charge < -0.3 is 19.6 Å². The van der Waals surface area contributed by atoms with E-state index in [4.69, 9.17) is 16.3 Å². The van der Waals surface area contributed by atoms with Gasteiger partial charge in [-0.3, -0.25) is 9.59 Å². The lowest BCUT2D eigenvalue weighted by Crippen LogP contribution is -2.38. The first-order chi connectivity index (χ1) is 15.9. The summed E-state index contributed by atoms with van der Waals surface area (Å²) < 4.78 is 5.49. The molecule has 1 saturated heterocycles. The Morgan fingerprint density at radius 1 is 1.12 bits per heavy atom. The smallest absolute Gasteiger partial charge is 0.295 e. The standard InChI is InChI=1S/C26H29ClN2O4/c1-4-17-33-21-13-9-19(10-14-21)24(30)22-23(18-7-11-20(27)12-8-18)29(26(32)25(22)31)16-15-28(5-2)6-3/h4,7-14,23,30H,1,5-6,15-17H2,2-3H3/b24-22+. The molecule has 0 radical (unpaired) electrons. The molecule has 1 unspecified atom stereocenters. The minimum absolute atomic E-state index is 0.0710. The Hall–Kier alpha value is -3.09. The maximum atomic E-state index is 13.1. The van der Waals surface area contributed by atoms with Gasteiger partial charge in [-0.15, -0.1) is 0 Å². The van der Waals surface area contributed by atoms with Crippen molar-refractivity contribution in [3.63, 3.8) is 0 Å². The van der Waals surface area contributed by atoms with Gasteiger partial charge in [-0.1, -0.05) is 50.2 Å². The minimum Gasteiger partial charge on any atom is -0.507 e. The van der Waals surface area contributed by atoms with Crippen LogP contribution in [0.4, 0.5) is 0 Å². The molecule has 174 valence electrons. The van der Waals surface area contributed by atoms with Gasteiger partial charge in [-0.2, -0.15) is 0 Å². The van der Waals surface area contributed by atoms with Crippen LogP contribution in [0.15, 0.2) is 66.8 Å². The van der Waals surface area contributed by atoms with Crippen LogP contribution in [0.2, 0.25) is 5.02 Å². The quantitative estimate of drug-likeness (QED) is 0.237. The van der Waals surface area contributed by atoms with Crippen LogP contribution in [-0.4, -0.2) is 59.4 Å². The monoisotopic (exact) mass is 468 g/mol. The first kappa shape index (κ1) is 24.6. The second-order valence-electron chi connectivity index (χ2n) is 7.69. The number of rotatable bonds is 10. The van der Waals surface area contributed by atoms with E-state index in [1.807, 2.05) is 0 Å². The number of carbonyl (C=O) groups is 2. The number of likely N-dealkylation sites (N-methyl/N-ethyl adjacent to an activating group) is 1. The van der Waals surface area contributed by atoms with Gasteiger partial charge >= 0.3 is 0 Å². The van der Waals surface area contributed by atoms with Gasteiger partial charge in [0, 0.05) is 23.7 Å². The first-order valence-corrected chi connectivity index (χ1v) is 11.4. The highest BCUT2D eigenvalue weighted by Crippen LogP contribution is 2.39. The molecule has 2 aromatic rings. The maximum absolute atomic E-state index is 13.1. The molecule has 7 heteroatoms. The molecule has 0 spiro atoms. The van der Waals surface area contributed by atoms with Gasteiger partial charge in [0.2, 0.25) is 0 Å². The summed E-state index contributed by atoms with van der Waals surface area (Å²) in [7, 11) is 0. The number of likely N-dealkylation sites (tertiary alicyclic amines) is 1. The summed E-state index contributed by atoms with van der Waals surface area (Å²) >= 11 is 6.06. The maximum Gasteiger partial charge on any atom is 0.295 e. The zero-order chi connectivity index (χ0) is 24.0. The molecule has 2 aromatic carbocycles. The van der Waals surface area contributed by atoms with E-state index in [2.05, 4.69) is 25.3 Å². The summed E-state index contributed by atoms with van der Waals surface area (Å²) in [5.74, 6) is -0.914. The fourth-order valence-corrected chi connectivity index (χ4v) is 4.04. The molecule has 0 aliphatic carbocycles. The topological polar surface area (TPSA) is 70.1 Å². The third kappa shape index (κ3) is 5.46. The molecule has 1 amide bonds. The van der Waals surface area contributed by atoms with E-state index in [9.17, 15) is 14.7 Å². The Balaban J connectivity index is 2.03. The largest absolute Gasteiger partial charge is 0.507 e. The number of aliphatic hydroxyl groups is 1. The van der Waals surface area contributed by atoms with Gasteiger partial charge in [-0.05, 0) is 55.1 Å². The van der Waals surface area contributed by atoms with Crippen LogP contribution in [0.1, 0.15) is 31.0 Å². The van der Waals surface area contributed by atoms with Crippen LogP contribution < -0.4 is 4.74 Å². The Morgan fingerprint density at radius 3 is 2.33 bits per heavy atom. The molecule has 0 bridgehead atoms. The van der Waals surface area contributed by atoms with E-state index in [1.165, 1.54) is 4.90 Å². The van der Waals surface area contributed by atoms with Gasteiger partial charge in [-0.25, -0.2) is 0 Å². The lowest BCUT2D eigenvalue weighted by Gasteiger charge is -2.28. The number of hydrogen-bond donors (Lipinski definition) is 1. The molecule has 3 rings (SSSR count). The minimum atomic E-state index is -0.700. The lowest BCUT2D eigenvalue weighted by molar-refractivity contribution is -0.140. The number of amides is 1. The van der Waals surface area contributed by atoms with Crippen LogP contribution in [0.3, 0.4) is 0 Å². The summed E-state index contributed by atoms with van der Waals surface area (Å²) in [6.07, 6.45) is 1.64. The Kier molecular flexibility index (Phi) is 8.31. The highest BCUT2D eigenvalue weighted by atomic mass is 35.5. The third-order valence-corrected chi connectivity index (χ3v) is 6.02. The normalized spacial score (nSPS) is 17.6. The zero-order valence-corrected chi connectivity index (χ0v) is 19.7. The van der Waals surface area contributed by atoms with Gasteiger partial charge in [0.05, 0.1) is 11.6 Å². The number of halogens is 1. The van der Waals surface area contributed by atoms with Crippen LogP contribution >= 0.6 is 11.6 Å². The number of carbonyl (C=O) groups excluding carboxylic acids is 2. The molecule has 0 aromatic heterocycles. The first-order valence-electron chi connectivity index (χ1n) is 11.0. The molecule has 6 nitrogen and oxygen atoms in total. The molecule has 1 N–H and O–H groups in total. The lowest BCUT2D eigenvalue weighted by atomic mass is 9.95. The molecule has 1 aliphatic rings. The van der Waals surface area contributed by atoms with Gasteiger partial charge in [0.1, 0.15) is 18.1 Å². The molecular formula is C26H29ClN2O4. The highest BCUT2D eigenvalue weighted by molar-refractivity contribution is 6.46. The van der Waals surface area contributed by atoms with E-state index in [-0.39, 0.29) is 11.3 Å². The van der Waals surface area contributed by atoms with Crippen LogP contribution in [0, 0.1) is 0 Å². The molecule has 0 saturated carbocycles. The fraction of sp³-hybridized carbons (Fsp3) is 0.308. The van der Waals surface area contributed by atoms with Gasteiger partial charge in [0.15, 0.2) is 0 Å². The van der Waals surface area contributed by atoms with Crippen molar-refractivity contribution in [2.75, 3.05) is 32.8 Å². The molecule has 1 heterocycles. The number of hydrogen-bond acceptors (Lipinski definition) is 5. The van der Waals surface area contributed by atoms with Crippen LogP contribution in [0.5, 0.6) is 5.75 Å². The Labute approximate surface area is 199 Å². The molecule has 33 heavy (non-hydrogen) atoms. The summed E-state index contributed by atoms with van der Waals surface area (Å²) in [6, 6.07) is 13.0. The fourth-order valence-electron chi connectivity index (χ4n) is 3.91. The Morgan fingerprint density at radius 2 is 1.76 bits per heavy atom. The molecular weight excluding hydrogens is 440 g/mol. The van der Waals surface area contributed by atoms with Crippen molar-refractivity contribution in [1.82, 2.24) is 9.80 Å². The van der Waals surface area contributed by atoms with Crippen molar-refractivity contribution in [2.45, 2.75) is 19.9 Å². The van der Waals surface area contributed by atoms with Crippen molar-refractivity contribution in [2.24, 2.45) is 0 Å². The predicted octanol–water partition coefficient (Wildman–Crippen LogP) is 4.67. The predicted molar refractivity (Wildman–Crippen MR) is 130 cm³/mol.